The maximum absolute atomic E-state index is 13.0. The molecule has 2 saturated heterocycles. The van der Waals surface area contributed by atoms with E-state index in [4.69, 9.17) is 5.26 Å². The lowest BCUT2D eigenvalue weighted by Crippen LogP contribution is -2.50. The molecule has 1 aromatic heterocycles. The lowest BCUT2D eigenvalue weighted by atomic mass is 9.92. The van der Waals surface area contributed by atoms with Gasteiger partial charge in [0.05, 0.1) is 17.7 Å². The molecule has 0 saturated carbocycles. The fourth-order valence-electron chi connectivity index (χ4n) is 3.98. The molecule has 0 bridgehead atoms. The molecule has 132 valence electrons. The third-order valence-electron chi connectivity index (χ3n) is 5.43. The molecule has 0 spiro atoms. The fourth-order valence-corrected chi connectivity index (χ4v) is 3.98. The number of anilines is 1. The summed E-state index contributed by atoms with van der Waals surface area (Å²) in [5.41, 5.74) is 2.26. The van der Waals surface area contributed by atoms with E-state index in [2.05, 4.69) is 20.9 Å². The molecule has 3 heterocycles. The molecule has 26 heavy (non-hydrogen) atoms. The molecule has 6 nitrogen and oxygen atoms in total. The minimum absolute atomic E-state index is 0.0497. The van der Waals surface area contributed by atoms with Crippen molar-refractivity contribution >= 4 is 11.9 Å². The SMILES string of the molecule is Cc1cnc(N2CCC3CCN(C(=O)c4ccc(C#N)cc4)C3C2)nc1. The van der Waals surface area contributed by atoms with Crippen molar-refractivity contribution in [3.05, 3.63) is 53.3 Å². The van der Waals surface area contributed by atoms with E-state index in [1.54, 1.807) is 24.3 Å². The summed E-state index contributed by atoms with van der Waals surface area (Å²) < 4.78 is 0. The van der Waals surface area contributed by atoms with E-state index in [0.29, 0.717) is 17.0 Å². The summed E-state index contributed by atoms with van der Waals surface area (Å²) in [5, 5.41) is 8.92. The van der Waals surface area contributed by atoms with Crippen molar-refractivity contribution in [3.63, 3.8) is 0 Å². The first-order chi connectivity index (χ1) is 12.7. The number of fused-ring (bicyclic) bond motifs is 1. The number of hydrogen-bond donors (Lipinski definition) is 0. The van der Waals surface area contributed by atoms with E-state index in [0.717, 1.165) is 44.0 Å². The van der Waals surface area contributed by atoms with Gasteiger partial charge in [0.15, 0.2) is 0 Å². The van der Waals surface area contributed by atoms with Crippen LogP contribution in [0, 0.1) is 24.2 Å². The molecule has 2 atom stereocenters. The minimum Gasteiger partial charge on any atom is -0.339 e. The highest BCUT2D eigenvalue weighted by atomic mass is 16.2. The van der Waals surface area contributed by atoms with Crippen LogP contribution in [-0.2, 0) is 0 Å². The first-order valence-electron chi connectivity index (χ1n) is 9.00. The molecular weight excluding hydrogens is 326 g/mol. The van der Waals surface area contributed by atoms with Crippen molar-refractivity contribution < 1.29 is 4.79 Å². The summed E-state index contributed by atoms with van der Waals surface area (Å²) >= 11 is 0. The van der Waals surface area contributed by atoms with E-state index in [-0.39, 0.29) is 11.9 Å². The third kappa shape index (κ3) is 3.01. The van der Waals surface area contributed by atoms with Gasteiger partial charge in [-0.3, -0.25) is 4.79 Å². The molecule has 0 aliphatic carbocycles. The zero-order chi connectivity index (χ0) is 18.1. The van der Waals surface area contributed by atoms with Crippen LogP contribution in [-0.4, -0.2) is 46.5 Å². The van der Waals surface area contributed by atoms with Gasteiger partial charge in [-0.25, -0.2) is 9.97 Å². The number of hydrogen-bond acceptors (Lipinski definition) is 5. The zero-order valence-electron chi connectivity index (χ0n) is 14.8. The summed E-state index contributed by atoms with van der Waals surface area (Å²) in [7, 11) is 0. The molecule has 1 amide bonds. The first-order valence-corrected chi connectivity index (χ1v) is 9.00. The number of carbonyl (C=O) groups is 1. The standard InChI is InChI=1S/C20H21N5O/c1-14-11-22-20(23-12-14)24-8-6-16-7-9-25(18(16)13-24)19(26)17-4-2-15(10-21)3-5-17/h2-5,11-12,16,18H,6-9,13H2,1H3. The minimum atomic E-state index is 0.0497. The fraction of sp³-hybridized carbons (Fsp3) is 0.400. The van der Waals surface area contributed by atoms with E-state index < -0.39 is 0 Å². The van der Waals surface area contributed by atoms with Crippen molar-refractivity contribution in [2.45, 2.75) is 25.8 Å². The van der Waals surface area contributed by atoms with Crippen molar-refractivity contribution in [2.75, 3.05) is 24.5 Å². The first kappa shape index (κ1) is 16.5. The molecule has 0 N–H and O–H groups in total. The molecule has 6 heteroatoms. The maximum atomic E-state index is 13.0. The molecule has 2 unspecified atom stereocenters. The van der Waals surface area contributed by atoms with E-state index in [1.807, 2.05) is 24.2 Å². The highest BCUT2D eigenvalue weighted by Gasteiger charge is 2.41. The number of nitriles is 1. The summed E-state index contributed by atoms with van der Waals surface area (Å²) in [6, 6.07) is 9.18. The predicted octanol–water partition coefficient (Wildman–Crippen LogP) is 2.40. The topological polar surface area (TPSA) is 73.1 Å². The van der Waals surface area contributed by atoms with E-state index in [9.17, 15) is 4.79 Å². The van der Waals surface area contributed by atoms with E-state index >= 15 is 0 Å². The van der Waals surface area contributed by atoms with Crippen molar-refractivity contribution in [2.24, 2.45) is 5.92 Å². The van der Waals surface area contributed by atoms with Crippen LogP contribution in [0.25, 0.3) is 0 Å². The maximum Gasteiger partial charge on any atom is 0.254 e. The second-order valence-corrected chi connectivity index (χ2v) is 7.10. The molecule has 1 aromatic carbocycles. The average molecular weight is 347 g/mol. The second-order valence-electron chi connectivity index (χ2n) is 7.10. The van der Waals surface area contributed by atoms with Gasteiger partial charge in [-0.1, -0.05) is 0 Å². The summed E-state index contributed by atoms with van der Waals surface area (Å²) in [6.07, 6.45) is 5.78. The Balaban J connectivity index is 1.52. The summed E-state index contributed by atoms with van der Waals surface area (Å²) in [5.74, 6) is 1.33. The van der Waals surface area contributed by atoms with Crippen molar-refractivity contribution in [1.29, 1.82) is 5.26 Å². The van der Waals surface area contributed by atoms with E-state index in [1.165, 1.54) is 0 Å². The molecule has 2 fully saturated rings. The Morgan fingerprint density at radius 1 is 1.15 bits per heavy atom. The number of amides is 1. The number of likely N-dealkylation sites (tertiary alicyclic amines) is 1. The van der Waals surface area contributed by atoms with Gasteiger partial charge in [0.2, 0.25) is 5.95 Å². The van der Waals surface area contributed by atoms with Crippen molar-refractivity contribution in [3.8, 4) is 6.07 Å². The normalized spacial score (nSPS) is 22.0. The molecule has 4 rings (SSSR count). The van der Waals surface area contributed by atoms with Gasteiger partial charge in [-0.2, -0.15) is 5.26 Å². The Labute approximate surface area is 153 Å². The number of aromatic nitrogens is 2. The van der Waals surface area contributed by atoms with Gasteiger partial charge in [-0.15, -0.1) is 0 Å². The Morgan fingerprint density at radius 3 is 2.54 bits per heavy atom. The number of benzene rings is 1. The number of rotatable bonds is 2. The Bertz CT molecular complexity index is 840. The Morgan fingerprint density at radius 2 is 1.85 bits per heavy atom. The molecule has 2 aliphatic rings. The van der Waals surface area contributed by atoms with Crippen LogP contribution in [0.15, 0.2) is 36.7 Å². The van der Waals surface area contributed by atoms with Crippen molar-refractivity contribution in [1.82, 2.24) is 14.9 Å². The number of piperidine rings is 1. The largest absolute Gasteiger partial charge is 0.339 e. The van der Waals surface area contributed by atoms with Gasteiger partial charge < -0.3 is 9.80 Å². The van der Waals surface area contributed by atoms with Gasteiger partial charge in [0.1, 0.15) is 0 Å². The molecule has 0 radical (unpaired) electrons. The van der Waals surface area contributed by atoms with Crippen LogP contribution >= 0.6 is 0 Å². The smallest absolute Gasteiger partial charge is 0.254 e. The lowest BCUT2D eigenvalue weighted by Gasteiger charge is -2.38. The van der Waals surface area contributed by atoms with Crippen LogP contribution in [0.2, 0.25) is 0 Å². The second kappa shape index (κ2) is 6.75. The molecular formula is C20H21N5O. The monoisotopic (exact) mass is 347 g/mol. The van der Waals surface area contributed by atoms with Crippen LogP contribution < -0.4 is 4.90 Å². The predicted molar refractivity (Wildman–Crippen MR) is 97.7 cm³/mol. The molecule has 2 aliphatic heterocycles. The van der Waals surface area contributed by atoms with Crippen LogP contribution in [0.3, 0.4) is 0 Å². The summed E-state index contributed by atoms with van der Waals surface area (Å²) in [4.78, 5) is 26.0. The number of nitrogens with zero attached hydrogens (tertiary/aromatic N) is 5. The third-order valence-corrected chi connectivity index (χ3v) is 5.43. The van der Waals surface area contributed by atoms with Gasteiger partial charge in [0, 0.05) is 37.6 Å². The quantitative estimate of drug-likeness (QED) is 0.834. The number of carbonyl (C=O) groups excluding carboxylic acids is 1. The average Bonchev–Trinajstić information content (AvgIpc) is 3.11. The Hall–Kier alpha value is -2.94. The van der Waals surface area contributed by atoms with Crippen LogP contribution in [0.1, 0.15) is 34.3 Å². The lowest BCUT2D eigenvalue weighted by molar-refractivity contribution is 0.0712. The summed E-state index contributed by atoms with van der Waals surface area (Å²) in [6.45, 7) is 4.47. The van der Waals surface area contributed by atoms with Crippen LogP contribution in [0.5, 0.6) is 0 Å². The van der Waals surface area contributed by atoms with Gasteiger partial charge in [-0.05, 0) is 55.5 Å². The van der Waals surface area contributed by atoms with Gasteiger partial charge in [0.25, 0.3) is 5.91 Å². The highest BCUT2D eigenvalue weighted by molar-refractivity contribution is 5.94. The van der Waals surface area contributed by atoms with Gasteiger partial charge >= 0.3 is 0 Å². The number of aryl methyl sites for hydroxylation is 1. The zero-order valence-corrected chi connectivity index (χ0v) is 14.8. The Kier molecular flexibility index (Phi) is 4.29. The highest BCUT2D eigenvalue weighted by Crippen LogP contribution is 2.33. The molecule has 2 aromatic rings. The van der Waals surface area contributed by atoms with Crippen LogP contribution in [0.4, 0.5) is 5.95 Å².